The van der Waals surface area contributed by atoms with E-state index in [1.165, 1.54) is 6.92 Å². The summed E-state index contributed by atoms with van der Waals surface area (Å²) in [4.78, 5) is 44.1. The summed E-state index contributed by atoms with van der Waals surface area (Å²) >= 11 is 0. The molecule has 1 saturated heterocycles. The largest absolute Gasteiger partial charge is 0.476 e. The molecular weight excluding hydrogens is 396 g/mol. The predicted octanol–water partition coefficient (Wildman–Crippen LogP) is 2.31. The highest BCUT2D eigenvalue weighted by molar-refractivity contribution is 5.95. The summed E-state index contributed by atoms with van der Waals surface area (Å²) < 4.78 is 7.77. The summed E-state index contributed by atoms with van der Waals surface area (Å²) in [6, 6.07) is 15.0. The van der Waals surface area contributed by atoms with Gasteiger partial charge in [-0.15, -0.1) is 0 Å². The third-order valence-electron chi connectivity index (χ3n) is 6.19. The number of aromatic nitrogens is 2. The van der Waals surface area contributed by atoms with Crippen LogP contribution in [0.25, 0.3) is 11.0 Å². The average molecular weight is 420 g/mol. The van der Waals surface area contributed by atoms with Crippen molar-refractivity contribution in [3.05, 3.63) is 59.0 Å². The molecular formula is C23H24N4O4. The van der Waals surface area contributed by atoms with Crippen LogP contribution >= 0.6 is 0 Å². The molecule has 1 aromatic heterocycles. The highest BCUT2D eigenvalue weighted by atomic mass is 16.5. The number of benzene rings is 2. The monoisotopic (exact) mass is 420 g/mol. The molecule has 0 bridgehead atoms. The molecule has 0 aliphatic carbocycles. The zero-order valence-electron chi connectivity index (χ0n) is 17.3. The van der Waals surface area contributed by atoms with Gasteiger partial charge < -0.3 is 19.5 Å². The van der Waals surface area contributed by atoms with Crippen LogP contribution in [0.5, 0.6) is 5.75 Å². The lowest BCUT2D eigenvalue weighted by Crippen LogP contribution is -2.53. The fraction of sp³-hybridized carbons (Fsp3) is 0.348. The number of hydrogen-bond acceptors (Lipinski definition) is 4. The first-order chi connectivity index (χ1) is 15.0. The van der Waals surface area contributed by atoms with Crippen molar-refractivity contribution in [2.24, 2.45) is 0 Å². The van der Waals surface area contributed by atoms with Crippen LogP contribution in [0.1, 0.15) is 25.8 Å². The van der Waals surface area contributed by atoms with Gasteiger partial charge in [0.05, 0.1) is 23.3 Å². The first-order valence-corrected chi connectivity index (χ1v) is 10.5. The summed E-state index contributed by atoms with van der Waals surface area (Å²) in [5.41, 5.74) is 2.29. The Morgan fingerprint density at radius 3 is 2.52 bits per heavy atom. The molecule has 5 rings (SSSR count). The fourth-order valence-electron chi connectivity index (χ4n) is 4.65. The molecule has 8 heteroatoms. The van der Waals surface area contributed by atoms with E-state index in [9.17, 15) is 14.4 Å². The van der Waals surface area contributed by atoms with Crippen molar-refractivity contribution >= 4 is 28.5 Å². The Kier molecular flexibility index (Phi) is 4.77. The predicted molar refractivity (Wildman–Crippen MR) is 116 cm³/mol. The van der Waals surface area contributed by atoms with E-state index in [-0.39, 0.29) is 30.1 Å². The van der Waals surface area contributed by atoms with E-state index in [1.54, 1.807) is 15.9 Å². The van der Waals surface area contributed by atoms with Crippen molar-refractivity contribution in [2.45, 2.75) is 31.9 Å². The van der Waals surface area contributed by atoms with Gasteiger partial charge in [-0.25, -0.2) is 4.79 Å². The number of ether oxygens (including phenoxy) is 1. The van der Waals surface area contributed by atoms with Crippen molar-refractivity contribution in [1.29, 1.82) is 0 Å². The second-order valence-corrected chi connectivity index (χ2v) is 8.08. The minimum Gasteiger partial charge on any atom is -0.476 e. The molecule has 0 unspecified atom stereocenters. The van der Waals surface area contributed by atoms with Gasteiger partial charge in [0.15, 0.2) is 6.10 Å². The normalized spacial score (nSPS) is 19.2. The molecule has 1 atom stereocenters. The van der Waals surface area contributed by atoms with E-state index in [4.69, 9.17) is 4.74 Å². The number of nitrogens with one attached hydrogen (secondary N) is 1. The lowest BCUT2D eigenvalue weighted by Gasteiger charge is -2.38. The van der Waals surface area contributed by atoms with Crippen molar-refractivity contribution in [1.82, 2.24) is 14.5 Å². The van der Waals surface area contributed by atoms with Crippen molar-refractivity contribution < 1.29 is 14.3 Å². The molecule has 3 heterocycles. The van der Waals surface area contributed by atoms with Crippen molar-refractivity contribution in [2.75, 3.05) is 24.5 Å². The number of imidazole rings is 1. The third kappa shape index (κ3) is 3.37. The van der Waals surface area contributed by atoms with Gasteiger partial charge >= 0.3 is 5.69 Å². The molecule has 8 nitrogen and oxygen atoms in total. The molecule has 0 spiro atoms. The lowest BCUT2D eigenvalue weighted by atomic mass is 10.0. The minimum absolute atomic E-state index is 0.0365. The average Bonchev–Trinajstić information content (AvgIpc) is 3.13. The Morgan fingerprint density at radius 1 is 1.03 bits per heavy atom. The number of anilines is 1. The number of hydrogen-bond donors (Lipinski definition) is 1. The van der Waals surface area contributed by atoms with Crippen LogP contribution in [-0.2, 0) is 9.59 Å². The maximum absolute atomic E-state index is 13.2. The molecule has 0 radical (unpaired) electrons. The Hall–Kier alpha value is -3.55. The molecule has 3 aromatic rings. The fourth-order valence-corrected chi connectivity index (χ4v) is 4.65. The SMILES string of the molecule is CC(=O)N1C[C@H](C(=O)N2CCC(n3c(=O)[nH]c4ccccc43)CC2)Oc2ccccc21. The molecule has 1 fully saturated rings. The maximum atomic E-state index is 13.2. The second-order valence-electron chi connectivity index (χ2n) is 8.08. The topological polar surface area (TPSA) is 87.6 Å². The number of piperidine rings is 1. The number of fused-ring (bicyclic) bond motifs is 2. The third-order valence-corrected chi connectivity index (χ3v) is 6.19. The van der Waals surface area contributed by atoms with E-state index in [0.717, 1.165) is 11.0 Å². The highest BCUT2D eigenvalue weighted by Gasteiger charge is 2.36. The summed E-state index contributed by atoms with van der Waals surface area (Å²) in [5, 5.41) is 0. The van der Waals surface area contributed by atoms with Crippen molar-refractivity contribution in [3.8, 4) is 5.75 Å². The van der Waals surface area contributed by atoms with Crippen molar-refractivity contribution in [3.63, 3.8) is 0 Å². The standard InChI is InChI=1S/C23H24N4O4/c1-15(28)26-14-21(31-20-9-5-4-8-19(20)26)22(29)25-12-10-16(11-13-25)27-18-7-3-2-6-17(18)24-23(27)30/h2-9,16,21H,10-14H2,1H3,(H,24,30)/t21-/m1/s1. The van der Waals surface area contributed by atoms with Gasteiger partial charge in [-0.05, 0) is 37.1 Å². The number of carbonyl (C=O) groups excluding carboxylic acids is 2. The van der Waals surface area contributed by atoms with E-state index < -0.39 is 6.10 Å². The molecule has 2 aromatic carbocycles. The number of likely N-dealkylation sites (tertiary alicyclic amines) is 1. The van der Waals surface area contributed by atoms with E-state index >= 15 is 0 Å². The Morgan fingerprint density at radius 2 is 1.74 bits per heavy atom. The van der Waals surface area contributed by atoms with E-state index in [2.05, 4.69) is 4.98 Å². The summed E-state index contributed by atoms with van der Waals surface area (Å²) in [7, 11) is 0. The van der Waals surface area contributed by atoms with Gasteiger partial charge in [-0.3, -0.25) is 14.2 Å². The van der Waals surface area contributed by atoms with Crippen LogP contribution in [0.4, 0.5) is 5.69 Å². The molecule has 1 N–H and O–H groups in total. The zero-order valence-corrected chi connectivity index (χ0v) is 17.3. The smallest absolute Gasteiger partial charge is 0.326 e. The van der Waals surface area contributed by atoms with Crippen LogP contribution in [-0.4, -0.2) is 52.0 Å². The maximum Gasteiger partial charge on any atom is 0.326 e. The van der Waals surface area contributed by atoms with Gasteiger partial charge in [0, 0.05) is 26.1 Å². The van der Waals surface area contributed by atoms with Gasteiger partial charge in [0.2, 0.25) is 5.91 Å². The van der Waals surface area contributed by atoms with Crippen LogP contribution < -0.4 is 15.3 Å². The van der Waals surface area contributed by atoms with Crippen LogP contribution in [0.2, 0.25) is 0 Å². The number of aromatic amines is 1. The summed E-state index contributed by atoms with van der Waals surface area (Å²) in [6.07, 6.45) is 0.645. The number of H-pyrrole nitrogens is 1. The Balaban J connectivity index is 1.31. The molecule has 2 amide bonds. The van der Waals surface area contributed by atoms with Crippen LogP contribution in [0.3, 0.4) is 0 Å². The molecule has 2 aliphatic rings. The first-order valence-electron chi connectivity index (χ1n) is 10.5. The zero-order chi connectivity index (χ0) is 21.5. The Bertz CT molecular complexity index is 1210. The van der Waals surface area contributed by atoms with Gasteiger partial charge in [-0.2, -0.15) is 0 Å². The minimum atomic E-state index is -0.730. The number of para-hydroxylation sites is 4. The number of carbonyl (C=O) groups is 2. The quantitative estimate of drug-likeness (QED) is 0.689. The first kappa shape index (κ1) is 19.4. The summed E-state index contributed by atoms with van der Waals surface area (Å²) in [5.74, 6) is 0.305. The molecule has 31 heavy (non-hydrogen) atoms. The number of rotatable bonds is 2. The Labute approximate surface area is 179 Å². The van der Waals surface area contributed by atoms with E-state index in [1.807, 2.05) is 47.0 Å². The van der Waals surface area contributed by atoms with E-state index in [0.29, 0.717) is 37.4 Å². The number of nitrogens with zero attached hydrogens (tertiary/aromatic N) is 3. The lowest BCUT2D eigenvalue weighted by molar-refractivity contribution is -0.140. The van der Waals surface area contributed by atoms with Gasteiger partial charge in [0.25, 0.3) is 5.91 Å². The van der Waals surface area contributed by atoms with Crippen LogP contribution in [0, 0.1) is 0 Å². The van der Waals surface area contributed by atoms with Crippen LogP contribution in [0.15, 0.2) is 53.3 Å². The number of amides is 2. The second kappa shape index (κ2) is 7.61. The van der Waals surface area contributed by atoms with Gasteiger partial charge in [-0.1, -0.05) is 24.3 Å². The summed E-state index contributed by atoms with van der Waals surface area (Å²) in [6.45, 7) is 2.77. The molecule has 0 saturated carbocycles. The van der Waals surface area contributed by atoms with Gasteiger partial charge in [0.1, 0.15) is 5.75 Å². The molecule has 160 valence electrons. The highest BCUT2D eigenvalue weighted by Crippen LogP contribution is 2.34. The molecule has 2 aliphatic heterocycles.